The van der Waals surface area contributed by atoms with Crippen molar-refractivity contribution in [2.45, 2.75) is 10.7 Å². The first-order valence-electron chi connectivity index (χ1n) is 9.78. The predicted octanol–water partition coefficient (Wildman–Crippen LogP) is 5.16. The minimum Gasteiger partial charge on any atom is -0.440 e. The van der Waals surface area contributed by atoms with Gasteiger partial charge in [-0.3, -0.25) is 4.72 Å². The van der Waals surface area contributed by atoms with Gasteiger partial charge in [0.05, 0.1) is 4.90 Å². The van der Waals surface area contributed by atoms with Crippen LogP contribution in [-0.4, -0.2) is 8.42 Å². The molecule has 0 saturated carbocycles. The summed E-state index contributed by atoms with van der Waals surface area (Å²) in [6, 6.07) is 32.6. The molecule has 0 saturated heterocycles. The molecule has 1 aliphatic heterocycles. The average Bonchev–Trinajstić information content (AvgIpc) is 3.21. The highest BCUT2D eigenvalue weighted by Gasteiger charge is 2.45. The highest BCUT2D eigenvalue weighted by atomic mass is 32.2. The van der Waals surface area contributed by atoms with E-state index in [0.717, 1.165) is 11.1 Å². The number of benzene rings is 4. The SMILES string of the molecule is O=S(=O)(Nc1ccccc1)c1ccc2c(c1)OC(c1ccccc1)(c1ccccc1)O2. The van der Waals surface area contributed by atoms with Gasteiger partial charge in [0, 0.05) is 22.9 Å². The fourth-order valence-electron chi connectivity index (χ4n) is 3.59. The van der Waals surface area contributed by atoms with Gasteiger partial charge in [0.25, 0.3) is 10.0 Å². The molecule has 0 amide bonds. The zero-order chi connectivity index (χ0) is 21.3. The molecule has 0 aromatic heterocycles. The van der Waals surface area contributed by atoms with Crippen molar-refractivity contribution in [1.29, 1.82) is 0 Å². The predicted molar refractivity (Wildman–Crippen MR) is 119 cm³/mol. The van der Waals surface area contributed by atoms with E-state index in [-0.39, 0.29) is 4.90 Å². The molecule has 31 heavy (non-hydrogen) atoms. The topological polar surface area (TPSA) is 64.6 Å². The molecule has 154 valence electrons. The minimum atomic E-state index is -3.79. The van der Waals surface area contributed by atoms with Gasteiger partial charge in [0.2, 0.25) is 0 Å². The van der Waals surface area contributed by atoms with Crippen molar-refractivity contribution in [2.24, 2.45) is 0 Å². The molecule has 0 aliphatic carbocycles. The number of hydrogen-bond acceptors (Lipinski definition) is 4. The standard InChI is InChI=1S/C25H19NO4S/c27-31(28,26-21-14-8-3-9-15-21)22-16-17-23-24(18-22)30-25(29-23,19-10-4-1-5-11-19)20-12-6-2-7-13-20/h1-18,26H. The molecule has 0 atom stereocenters. The quantitative estimate of drug-likeness (QED) is 0.476. The number of sulfonamides is 1. The molecule has 1 N–H and O–H groups in total. The van der Waals surface area contributed by atoms with Crippen LogP contribution >= 0.6 is 0 Å². The molecule has 0 spiro atoms. The van der Waals surface area contributed by atoms with Crippen LogP contribution in [0, 0.1) is 0 Å². The zero-order valence-electron chi connectivity index (χ0n) is 16.4. The Morgan fingerprint density at radius 2 is 1.13 bits per heavy atom. The summed E-state index contributed by atoms with van der Waals surface area (Å²) in [5, 5.41) is 0. The second-order valence-electron chi connectivity index (χ2n) is 7.13. The van der Waals surface area contributed by atoms with Gasteiger partial charge in [0.15, 0.2) is 11.5 Å². The van der Waals surface area contributed by atoms with Crippen LogP contribution in [0.5, 0.6) is 11.5 Å². The Labute approximate surface area is 180 Å². The summed E-state index contributed by atoms with van der Waals surface area (Å²) in [7, 11) is -3.79. The molecule has 0 bridgehead atoms. The molecule has 0 unspecified atom stereocenters. The number of fused-ring (bicyclic) bond motifs is 1. The van der Waals surface area contributed by atoms with Gasteiger partial charge in [-0.15, -0.1) is 0 Å². The van der Waals surface area contributed by atoms with Crippen molar-refractivity contribution in [3.05, 3.63) is 120 Å². The van der Waals surface area contributed by atoms with E-state index in [0.29, 0.717) is 17.2 Å². The molecular formula is C25H19NO4S. The molecule has 5 nitrogen and oxygen atoms in total. The minimum absolute atomic E-state index is 0.0932. The van der Waals surface area contributed by atoms with Crippen LogP contribution in [0.25, 0.3) is 0 Å². The maximum Gasteiger partial charge on any atom is 0.305 e. The van der Waals surface area contributed by atoms with Crippen molar-refractivity contribution >= 4 is 15.7 Å². The third-order valence-electron chi connectivity index (χ3n) is 5.07. The lowest BCUT2D eigenvalue weighted by Gasteiger charge is -2.28. The number of nitrogens with one attached hydrogen (secondary N) is 1. The van der Waals surface area contributed by atoms with Crippen LogP contribution in [0.2, 0.25) is 0 Å². The van der Waals surface area contributed by atoms with Gasteiger partial charge in [-0.2, -0.15) is 0 Å². The summed E-state index contributed by atoms with van der Waals surface area (Å²) in [4.78, 5) is 0.0932. The Morgan fingerprint density at radius 3 is 1.71 bits per heavy atom. The Kier molecular flexibility index (Phi) is 4.64. The molecule has 0 fully saturated rings. The van der Waals surface area contributed by atoms with Gasteiger partial charge < -0.3 is 9.47 Å². The van der Waals surface area contributed by atoms with Crippen LogP contribution < -0.4 is 14.2 Å². The van der Waals surface area contributed by atoms with Crippen molar-refractivity contribution in [3.63, 3.8) is 0 Å². The highest BCUT2D eigenvalue weighted by Crippen LogP contribution is 2.48. The summed E-state index contributed by atoms with van der Waals surface area (Å²) in [5.41, 5.74) is 2.11. The van der Waals surface area contributed by atoms with Gasteiger partial charge in [-0.25, -0.2) is 8.42 Å². The van der Waals surface area contributed by atoms with Crippen LogP contribution in [-0.2, 0) is 15.8 Å². The van der Waals surface area contributed by atoms with Crippen LogP contribution in [0.4, 0.5) is 5.69 Å². The van der Waals surface area contributed by atoms with E-state index in [1.807, 2.05) is 66.7 Å². The molecule has 5 rings (SSSR count). The maximum absolute atomic E-state index is 12.9. The lowest BCUT2D eigenvalue weighted by atomic mass is 9.97. The fourth-order valence-corrected chi connectivity index (χ4v) is 4.66. The van der Waals surface area contributed by atoms with Gasteiger partial charge >= 0.3 is 5.79 Å². The molecule has 6 heteroatoms. The third kappa shape index (κ3) is 3.51. The smallest absolute Gasteiger partial charge is 0.305 e. The summed E-state index contributed by atoms with van der Waals surface area (Å²) < 4.78 is 41.0. The van der Waals surface area contributed by atoms with Crippen molar-refractivity contribution in [3.8, 4) is 11.5 Å². The third-order valence-corrected chi connectivity index (χ3v) is 6.45. The number of rotatable bonds is 5. The first-order valence-corrected chi connectivity index (χ1v) is 11.3. The summed E-state index contributed by atoms with van der Waals surface area (Å²) in [6.07, 6.45) is 0. The van der Waals surface area contributed by atoms with E-state index in [1.165, 1.54) is 12.1 Å². The van der Waals surface area contributed by atoms with E-state index in [9.17, 15) is 8.42 Å². The first-order chi connectivity index (χ1) is 15.1. The van der Waals surface area contributed by atoms with Crippen molar-refractivity contribution < 1.29 is 17.9 Å². The fraction of sp³-hybridized carbons (Fsp3) is 0.0400. The molecular weight excluding hydrogens is 410 g/mol. The van der Waals surface area contributed by atoms with Crippen LogP contribution in [0.3, 0.4) is 0 Å². The molecule has 1 aliphatic rings. The lowest BCUT2D eigenvalue weighted by molar-refractivity contribution is -0.0459. The average molecular weight is 429 g/mol. The Morgan fingerprint density at radius 1 is 0.613 bits per heavy atom. The zero-order valence-corrected chi connectivity index (χ0v) is 17.3. The summed E-state index contributed by atoms with van der Waals surface area (Å²) >= 11 is 0. The van der Waals surface area contributed by atoms with Gasteiger partial charge in [-0.05, 0) is 24.3 Å². The largest absolute Gasteiger partial charge is 0.440 e. The van der Waals surface area contributed by atoms with E-state index >= 15 is 0 Å². The van der Waals surface area contributed by atoms with Crippen molar-refractivity contribution in [2.75, 3.05) is 4.72 Å². The lowest BCUT2D eigenvalue weighted by Crippen LogP contribution is -2.36. The molecule has 4 aromatic carbocycles. The summed E-state index contributed by atoms with van der Waals surface area (Å²) in [6.45, 7) is 0. The molecule has 0 radical (unpaired) electrons. The Balaban J connectivity index is 1.54. The second-order valence-corrected chi connectivity index (χ2v) is 8.82. The van der Waals surface area contributed by atoms with E-state index in [4.69, 9.17) is 9.47 Å². The van der Waals surface area contributed by atoms with Gasteiger partial charge in [0.1, 0.15) is 0 Å². The number of hydrogen-bond donors (Lipinski definition) is 1. The van der Waals surface area contributed by atoms with E-state index < -0.39 is 15.8 Å². The van der Waals surface area contributed by atoms with E-state index in [2.05, 4.69) is 4.72 Å². The van der Waals surface area contributed by atoms with Crippen molar-refractivity contribution in [1.82, 2.24) is 0 Å². The van der Waals surface area contributed by atoms with Crippen LogP contribution in [0.15, 0.2) is 114 Å². The normalized spacial score (nSPS) is 14.2. The molecule has 1 heterocycles. The highest BCUT2D eigenvalue weighted by molar-refractivity contribution is 7.92. The molecule has 4 aromatic rings. The maximum atomic E-state index is 12.9. The second kappa shape index (κ2) is 7.49. The monoisotopic (exact) mass is 429 g/mol. The number of anilines is 1. The van der Waals surface area contributed by atoms with E-state index in [1.54, 1.807) is 30.3 Å². The number of para-hydroxylation sites is 1. The first kappa shape index (κ1) is 19.2. The Hall–Kier alpha value is -3.77. The number of ether oxygens (including phenoxy) is 2. The van der Waals surface area contributed by atoms with Gasteiger partial charge in [-0.1, -0.05) is 78.9 Å². The summed E-state index contributed by atoms with van der Waals surface area (Å²) in [5.74, 6) is -0.352. The Bertz CT molecular complexity index is 1270. The van der Waals surface area contributed by atoms with Crippen LogP contribution in [0.1, 0.15) is 11.1 Å².